The number of benzene rings is 1. The van der Waals surface area contributed by atoms with E-state index in [9.17, 15) is 4.79 Å². The van der Waals surface area contributed by atoms with Crippen LogP contribution in [-0.2, 0) is 0 Å². The number of amides is 1. The summed E-state index contributed by atoms with van der Waals surface area (Å²) < 4.78 is 0. The third kappa shape index (κ3) is 3.25. The molecule has 0 saturated heterocycles. The molecular weight excluding hydrogens is 192 g/mol. The number of carbonyl (C=O) groups is 1. The first-order valence-electron chi connectivity index (χ1n) is 4.88. The predicted octanol–water partition coefficient (Wildman–Crippen LogP) is 0.627. The lowest BCUT2D eigenvalue weighted by Gasteiger charge is -2.10. The van der Waals surface area contributed by atoms with Crippen LogP contribution in [0.5, 0.6) is 0 Å². The van der Waals surface area contributed by atoms with E-state index in [-0.39, 0.29) is 18.4 Å². The first-order valence-corrected chi connectivity index (χ1v) is 4.88. The number of hydrogen-bond acceptors (Lipinski definition) is 3. The number of hydrogen-bond donors (Lipinski definition) is 3. The fourth-order valence-corrected chi connectivity index (χ4v) is 1.13. The van der Waals surface area contributed by atoms with E-state index in [1.165, 1.54) is 0 Å². The van der Waals surface area contributed by atoms with E-state index in [0.29, 0.717) is 17.8 Å². The zero-order valence-electron chi connectivity index (χ0n) is 8.73. The molecule has 0 bridgehead atoms. The van der Waals surface area contributed by atoms with Gasteiger partial charge in [0.2, 0.25) is 0 Å². The van der Waals surface area contributed by atoms with E-state index in [2.05, 4.69) is 5.32 Å². The Labute approximate surface area is 89.1 Å². The zero-order chi connectivity index (χ0) is 11.3. The first-order chi connectivity index (χ1) is 7.15. The van der Waals surface area contributed by atoms with Crippen LogP contribution in [0.4, 0.5) is 5.69 Å². The molecule has 1 atom stereocenters. The summed E-state index contributed by atoms with van der Waals surface area (Å²) in [4.78, 5) is 11.6. The standard InChI is InChI=1S/C11H16N2O2/c1-8(7-14)6-13-11(15)9-4-2-3-5-10(9)12/h2-5,8,14H,6-7,12H2,1H3,(H,13,15). The lowest BCUT2D eigenvalue weighted by molar-refractivity contribution is 0.0943. The number of carbonyl (C=O) groups excluding carboxylic acids is 1. The molecule has 0 aliphatic rings. The van der Waals surface area contributed by atoms with Crippen LogP contribution in [0.1, 0.15) is 17.3 Å². The van der Waals surface area contributed by atoms with Crippen molar-refractivity contribution in [1.82, 2.24) is 5.32 Å². The average molecular weight is 208 g/mol. The molecule has 0 aromatic heterocycles. The number of aliphatic hydroxyl groups excluding tert-OH is 1. The van der Waals surface area contributed by atoms with Crippen molar-refractivity contribution in [3.05, 3.63) is 29.8 Å². The van der Waals surface area contributed by atoms with E-state index in [1.807, 2.05) is 6.92 Å². The molecule has 1 aromatic carbocycles. The first kappa shape index (κ1) is 11.5. The van der Waals surface area contributed by atoms with Crippen LogP contribution in [0.3, 0.4) is 0 Å². The number of aliphatic hydroxyl groups is 1. The molecule has 0 radical (unpaired) electrons. The smallest absolute Gasteiger partial charge is 0.253 e. The summed E-state index contributed by atoms with van der Waals surface area (Å²) in [5.41, 5.74) is 6.59. The number of para-hydroxylation sites is 1. The molecule has 0 aliphatic carbocycles. The molecule has 0 saturated carbocycles. The quantitative estimate of drug-likeness (QED) is 0.635. The van der Waals surface area contributed by atoms with Gasteiger partial charge in [-0.15, -0.1) is 0 Å². The molecule has 1 rings (SSSR count). The van der Waals surface area contributed by atoms with Crippen molar-refractivity contribution in [2.75, 3.05) is 18.9 Å². The maximum Gasteiger partial charge on any atom is 0.253 e. The molecule has 82 valence electrons. The van der Waals surface area contributed by atoms with Gasteiger partial charge in [0.25, 0.3) is 5.91 Å². The summed E-state index contributed by atoms with van der Waals surface area (Å²) in [5, 5.41) is 11.5. The Kier molecular flexibility index (Phi) is 4.12. The van der Waals surface area contributed by atoms with Gasteiger partial charge in [-0.2, -0.15) is 0 Å². The van der Waals surface area contributed by atoms with Crippen molar-refractivity contribution in [3.63, 3.8) is 0 Å². The summed E-state index contributed by atoms with van der Waals surface area (Å²) in [6, 6.07) is 6.90. The third-order valence-electron chi connectivity index (χ3n) is 2.13. The van der Waals surface area contributed by atoms with Crippen molar-refractivity contribution in [3.8, 4) is 0 Å². The molecule has 4 nitrogen and oxygen atoms in total. The Balaban J connectivity index is 2.58. The molecule has 1 unspecified atom stereocenters. The van der Waals surface area contributed by atoms with Gasteiger partial charge in [-0.1, -0.05) is 19.1 Å². The van der Waals surface area contributed by atoms with Gasteiger partial charge in [-0.3, -0.25) is 4.79 Å². The van der Waals surface area contributed by atoms with Crippen molar-refractivity contribution in [1.29, 1.82) is 0 Å². The highest BCUT2D eigenvalue weighted by Gasteiger charge is 2.09. The minimum Gasteiger partial charge on any atom is -0.398 e. The van der Waals surface area contributed by atoms with Gasteiger partial charge in [-0.25, -0.2) is 0 Å². The van der Waals surface area contributed by atoms with Crippen molar-refractivity contribution < 1.29 is 9.90 Å². The maximum absolute atomic E-state index is 11.6. The number of rotatable bonds is 4. The minimum atomic E-state index is -0.201. The highest BCUT2D eigenvalue weighted by Crippen LogP contribution is 2.09. The van der Waals surface area contributed by atoms with E-state index in [1.54, 1.807) is 24.3 Å². The van der Waals surface area contributed by atoms with Gasteiger partial charge in [0.15, 0.2) is 0 Å². The van der Waals surface area contributed by atoms with E-state index in [4.69, 9.17) is 10.8 Å². The Morgan fingerprint density at radius 2 is 2.20 bits per heavy atom. The molecule has 4 heteroatoms. The fraction of sp³-hybridized carbons (Fsp3) is 0.364. The van der Waals surface area contributed by atoms with E-state index >= 15 is 0 Å². The highest BCUT2D eigenvalue weighted by molar-refractivity contribution is 5.99. The van der Waals surface area contributed by atoms with Gasteiger partial charge >= 0.3 is 0 Å². The second kappa shape index (κ2) is 5.36. The molecule has 0 spiro atoms. The van der Waals surface area contributed by atoms with Gasteiger partial charge < -0.3 is 16.2 Å². The summed E-state index contributed by atoms with van der Waals surface area (Å²) in [6.07, 6.45) is 0. The average Bonchev–Trinajstić information content (AvgIpc) is 2.26. The molecule has 0 aliphatic heterocycles. The fourth-order valence-electron chi connectivity index (χ4n) is 1.13. The second-order valence-electron chi connectivity index (χ2n) is 3.59. The van der Waals surface area contributed by atoms with Gasteiger partial charge in [-0.05, 0) is 18.1 Å². The molecule has 0 fully saturated rings. The minimum absolute atomic E-state index is 0.0545. The van der Waals surface area contributed by atoms with Crippen LogP contribution in [0.15, 0.2) is 24.3 Å². The van der Waals surface area contributed by atoms with Gasteiger partial charge in [0, 0.05) is 18.8 Å². The van der Waals surface area contributed by atoms with Crippen molar-refractivity contribution in [2.45, 2.75) is 6.92 Å². The molecule has 1 amide bonds. The second-order valence-corrected chi connectivity index (χ2v) is 3.59. The summed E-state index contributed by atoms with van der Waals surface area (Å²) in [5.74, 6) is -0.146. The molecular formula is C11H16N2O2. The summed E-state index contributed by atoms with van der Waals surface area (Å²) >= 11 is 0. The Morgan fingerprint density at radius 3 is 2.80 bits per heavy atom. The largest absolute Gasteiger partial charge is 0.398 e. The number of nitrogens with two attached hydrogens (primary N) is 1. The highest BCUT2D eigenvalue weighted by atomic mass is 16.3. The molecule has 4 N–H and O–H groups in total. The van der Waals surface area contributed by atoms with Crippen LogP contribution >= 0.6 is 0 Å². The van der Waals surface area contributed by atoms with Crippen LogP contribution in [0.2, 0.25) is 0 Å². The number of anilines is 1. The van der Waals surface area contributed by atoms with Gasteiger partial charge in [0.1, 0.15) is 0 Å². The topological polar surface area (TPSA) is 75.3 Å². The van der Waals surface area contributed by atoms with Crippen molar-refractivity contribution >= 4 is 11.6 Å². The maximum atomic E-state index is 11.6. The monoisotopic (exact) mass is 208 g/mol. The third-order valence-corrected chi connectivity index (χ3v) is 2.13. The van der Waals surface area contributed by atoms with Crippen LogP contribution < -0.4 is 11.1 Å². The van der Waals surface area contributed by atoms with Crippen molar-refractivity contribution in [2.24, 2.45) is 5.92 Å². The van der Waals surface area contributed by atoms with Crippen LogP contribution in [-0.4, -0.2) is 24.2 Å². The lowest BCUT2D eigenvalue weighted by Crippen LogP contribution is -2.30. The summed E-state index contributed by atoms with van der Waals surface area (Å²) in [7, 11) is 0. The molecule has 15 heavy (non-hydrogen) atoms. The van der Waals surface area contributed by atoms with E-state index < -0.39 is 0 Å². The molecule has 1 aromatic rings. The predicted molar refractivity (Wildman–Crippen MR) is 59.4 cm³/mol. The van der Waals surface area contributed by atoms with E-state index in [0.717, 1.165) is 0 Å². The number of nitrogen functional groups attached to an aromatic ring is 1. The van der Waals surface area contributed by atoms with Gasteiger partial charge in [0.05, 0.1) is 5.56 Å². The van der Waals surface area contributed by atoms with Crippen LogP contribution in [0, 0.1) is 5.92 Å². The SMILES string of the molecule is CC(CO)CNC(=O)c1ccccc1N. The zero-order valence-corrected chi connectivity index (χ0v) is 8.73. The number of nitrogens with one attached hydrogen (secondary N) is 1. The summed E-state index contributed by atoms with van der Waals surface area (Å²) in [6.45, 7) is 2.36. The van der Waals surface area contributed by atoms with Crippen LogP contribution in [0.25, 0.3) is 0 Å². The normalized spacial score (nSPS) is 12.1. The molecule has 0 heterocycles. The Hall–Kier alpha value is -1.55. The Bertz CT molecular complexity index is 339. The Morgan fingerprint density at radius 1 is 1.53 bits per heavy atom. The lowest BCUT2D eigenvalue weighted by atomic mass is 10.1.